The number of carbonyl (C=O) groups is 3. The molecule has 130 valence electrons. The molecule has 1 aromatic carbocycles. The number of ether oxygens (including phenoxy) is 2. The zero-order valence-corrected chi connectivity index (χ0v) is 14.4. The number of nitrogens with one attached hydrogen (secondary N) is 2. The molecule has 1 saturated heterocycles. The molecule has 1 heterocycles. The van der Waals surface area contributed by atoms with Gasteiger partial charge in [-0.25, -0.2) is 4.79 Å². The quantitative estimate of drug-likeness (QED) is 0.747. The lowest BCUT2D eigenvalue weighted by atomic mass is 10.2. The van der Waals surface area contributed by atoms with Crippen LogP contribution in [0.3, 0.4) is 0 Å². The zero-order valence-electron chi connectivity index (χ0n) is 13.5. The molecule has 1 unspecified atom stereocenters. The average molecular weight is 352 g/mol. The van der Waals surface area contributed by atoms with Crippen molar-refractivity contribution in [3.05, 3.63) is 24.3 Å². The van der Waals surface area contributed by atoms with E-state index in [4.69, 9.17) is 9.47 Å². The number of thioether (sulfide) groups is 1. The Morgan fingerprint density at radius 2 is 2.04 bits per heavy atom. The van der Waals surface area contributed by atoms with Crippen molar-refractivity contribution in [3.63, 3.8) is 0 Å². The van der Waals surface area contributed by atoms with E-state index in [1.807, 2.05) is 0 Å². The third-order valence-electron chi connectivity index (χ3n) is 3.39. The number of anilines is 1. The molecule has 2 amide bonds. The fraction of sp³-hybridized carbons (Fsp3) is 0.438. The van der Waals surface area contributed by atoms with Crippen LogP contribution in [0.1, 0.15) is 13.3 Å². The topological polar surface area (TPSA) is 93.7 Å². The monoisotopic (exact) mass is 352 g/mol. The van der Waals surface area contributed by atoms with E-state index in [0.29, 0.717) is 17.2 Å². The largest absolute Gasteiger partial charge is 0.497 e. The first-order chi connectivity index (χ1) is 11.5. The lowest BCUT2D eigenvalue weighted by Crippen LogP contribution is -2.51. The summed E-state index contributed by atoms with van der Waals surface area (Å²) in [6.07, 6.45) is 0.0398. The minimum atomic E-state index is -0.650. The van der Waals surface area contributed by atoms with E-state index in [1.165, 1.54) is 11.8 Å². The van der Waals surface area contributed by atoms with Crippen molar-refractivity contribution in [2.75, 3.05) is 24.8 Å². The summed E-state index contributed by atoms with van der Waals surface area (Å²) in [6.45, 7) is 1.98. The molecule has 2 rings (SSSR count). The van der Waals surface area contributed by atoms with Crippen molar-refractivity contribution in [2.45, 2.75) is 24.6 Å². The maximum atomic E-state index is 12.1. The van der Waals surface area contributed by atoms with Crippen LogP contribution in [0.15, 0.2) is 24.3 Å². The third-order valence-corrected chi connectivity index (χ3v) is 4.70. The van der Waals surface area contributed by atoms with Crippen LogP contribution >= 0.6 is 11.8 Å². The minimum absolute atomic E-state index is 0.0398. The highest BCUT2D eigenvalue weighted by atomic mass is 32.2. The Morgan fingerprint density at radius 1 is 1.33 bits per heavy atom. The molecule has 0 spiro atoms. The Hall–Kier alpha value is -2.22. The number of hydrogen-bond acceptors (Lipinski definition) is 6. The second-order valence-electron chi connectivity index (χ2n) is 5.12. The number of esters is 1. The molecule has 1 aliphatic rings. The number of hydrogen-bond donors (Lipinski definition) is 2. The second-order valence-corrected chi connectivity index (χ2v) is 6.35. The standard InChI is InChI=1S/C16H20N2O5S/c1-3-23-16(21)12-9-24-13(15(20)18-12)8-14(19)17-10-4-6-11(22-2)7-5-10/h4-7,12-13H,3,8-9H2,1-2H3,(H,17,19)(H,18,20)/t12-,13?/m0/s1. The predicted molar refractivity (Wildman–Crippen MR) is 91.1 cm³/mol. The number of benzene rings is 1. The van der Waals surface area contributed by atoms with Crippen molar-refractivity contribution in [3.8, 4) is 5.75 Å². The van der Waals surface area contributed by atoms with Crippen molar-refractivity contribution in [1.29, 1.82) is 0 Å². The fourth-order valence-electron chi connectivity index (χ4n) is 2.17. The van der Waals surface area contributed by atoms with Gasteiger partial charge in [-0.15, -0.1) is 11.8 Å². The Bertz CT molecular complexity index is 605. The van der Waals surface area contributed by atoms with E-state index in [-0.39, 0.29) is 24.8 Å². The summed E-state index contributed by atoms with van der Waals surface area (Å²) >= 11 is 1.28. The van der Waals surface area contributed by atoms with Crippen molar-refractivity contribution in [1.82, 2.24) is 5.32 Å². The highest BCUT2D eigenvalue weighted by molar-refractivity contribution is 8.00. The summed E-state index contributed by atoms with van der Waals surface area (Å²) < 4.78 is 9.94. The van der Waals surface area contributed by atoms with E-state index >= 15 is 0 Å². The lowest BCUT2D eigenvalue weighted by molar-refractivity contribution is -0.146. The van der Waals surface area contributed by atoms with Gasteiger partial charge in [-0.2, -0.15) is 0 Å². The van der Waals surface area contributed by atoms with Gasteiger partial charge in [-0.05, 0) is 31.2 Å². The predicted octanol–water partition coefficient (Wildman–Crippen LogP) is 1.19. The van der Waals surface area contributed by atoms with Crippen LogP contribution in [0.4, 0.5) is 5.69 Å². The molecule has 1 aliphatic heterocycles. The van der Waals surface area contributed by atoms with Gasteiger partial charge in [0, 0.05) is 17.9 Å². The highest BCUT2D eigenvalue weighted by Crippen LogP contribution is 2.22. The Morgan fingerprint density at radius 3 is 2.62 bits per heavy atom. The van der Waals surface area contributed by atoms with Gasteiger partial charge in [0.2, 0.25) is 11.8 Å². The molecule has 0 radical (unpaired) electrons. The van der Waals surface area contributed by atoms with Crippen LogP contribution in [0.2, 0.25) is 0 Å². The third kappa shape index (κ3) is 4.89. The molecule has 1 aromatic rings. The number of methoxy groups -OCH3 is 1. The summed E-state index contributed by atoms with van der Waals surface area (Å²) in [5, 5.41) is 4.82. The minimum Gasteiger partial charge on any atom is -0.497 e. The smallest absolute Gasteiger partial charge is 0.329 e. The Balaban J connectivity index is 1.84. The molecular formula is C16H20N2O5S. The van der Waals surface area contributed by atoms with E-state index in [9.17, 15) is 14.4 Å². The maximum absolute atomic E-state index is 12.1. The first-order valence-electron chi connectivity index (χ1n) is 7.56. The van der Waals surface area contributed by atoms with Crippen molar-refractivity contribution < 1.29 is 23.9 Å². The summed E-state index contributed by atoms with van der Waals surface area (Å²) in [5.41, 5.74) is 0.631. The van der Waals surface area contributed by atoms with Crippen LogP contribution in [0, 0.1) is 0 Å². The van der Waals surface area contributed by atoms with Gasteiger partial charge in [0.1, 0.15) is 11.8 Å². The van der Waals surface area contributed by atoms with Gasteiger partial charge in [-0.1, -0.05) is 0 Å². The van der Waals surface area contributed by atoms with Crippen LogP contribution in [-0.2, 0) is 19.1 Å². The van der Waals surface area contributed by atoms with E-state index in [1.54, 1.807) is 38.3 Å². The summed E-state index contributed by atoms with van der Waals surface area (Å²) in [7, 11) is 1.57. The summed E-state index contributed by atoms with van der Waals surface area (Å²) in [6, 6.07) is 6.27. The van der Waals surface area contributed by atoms with Crippen LogP contribution < -0.4 is 15.4 Å². The number of amides is 2. The van der Waals surface area contributed by atoms with E-state index in [2.05, 4.69) is 10.6 Å². The van der Waals surface area contributed by atoms with E-state index < -0.39 is 17.3 Å². The number of rotatable bonds is 6. The second kappa shape index (κ2) is 8.58. The van der Waals surface area contributed by atoms with Crippen molar-refractivity contribution in [2.24, 2.45) is 0 Å². The molecule has 1 fully saturated rings. The maximum Gasteiger partial charge on any atom is 0.329 e. The first-order valence-corrected chi connectivity index (χ1v) is 8.61. The summed E-state index contributed by atoms with van der Waals surface area (Å²) in [5.74, 6) is 0.0571. The van der Waals surface area contributed by atoms with Gasteiger partial charge >= 0.3 is 5.97 Å². The zero-order chi connectivity index (χ0) is 17.5. The Kier molecular flexibility index (Phi) is 6.48. The van der Waals surface area contributed by atoms with E-state index in [0.717, 1.165) is 0 Å². The molecular weight excluding hydrogens is 332 g/mol. The van der Waals surface area contributed by atoms with Crippen LogP contribution in [0.5, 0.6) is 5.75 Å². The number of carbonyl (C=O) groups excluding carboxylic acids is 3. The molecule has 0 bridgehead atoms. The molecule has 2 N–H and O–H groups in total. The molecule has 8 heteroatoms. The fourth-order valence-corrected chi connectivity index (χ4v) is 3.30. The van der Waals surface area contributed by atoms with Crippen molar-refractivity contribution >= 4 is 35.2 Å². The molecule has 2 atom stereocenters. The molecule has 0 aromatic heterocycles. The SMILES string of the molecule is CCOC(=O)[C@@H]1CSC(CC(=O)Nc2ccc(OC)cc2)C(=O)N1. The molecule has 24 heavy (non-hydrogen) atoms. The van der Waals surface area contributed by atoms with Gasteiger partial charge in [0.05, 0.1) is 19.0 Å². The van der Waals surface area contributed by atoms with Gasteiger partial charge in [0.15, 0.2) is 0 Å². The van der Waals surface area contributed by atoms with Gasteiger partial charge < -0.3 is 20.1 Å². The summed E-state index contributed by atoms with van der Waals surface area (Å²) in [4.78, 5) is 35.7. The molecule has 7 nitrogen and oxygen atoms in total. The van der Waals surface area contributed by atoms with Gasteiger partial charge in [-0.3, -0.25) is 9.59 Å². The first kappa shape index (κ1) is 18.1. The highest BCUT2D eigenvalue weighted by Gasteiger charge is 2.34. The van der Waals surface area contributed by atoms with Crippen LogP contribution in [0.25, 0.3) is 0 Å². The Labute approximate surface area is 144 Å². The van der Waals surface area contributed by atoms with Gasteiger partial charge in [0.25, 0.3) is 0 Å². The normalized spacial score (nSPS) is 20.0. The lowest BCUT2D eigenvalue weighted by Gasteiger charge is -2.27. The van der Waals surface area contributed by atoms with Crippen LogP contribution in [-0.4, -0.2) is 48.5 Å². The molecule has 0 saturated carbocycles. The average Bonchev–Trinajstić information content (AvgIpc) is 2.57. The molecule has 0 aliphatic carbocycles.